The van der Waals surface area contributed by atoms with Crippen LogP contribution >= 0.6 is 11.3 Å². The summed E-state index contributed by atoms with van der Waals surface area (Å²) in [5.74, 6) is -1.10. The monoisotopic (exact) mass is 477 g/mol. The van der Waals surface area contributed by atoms with E-state index in [4.69, 9.17) is 9.47 Å². The molecule has 0 saturated carbocycles. The summed E-state index contributed by atoms with van der Waals surface area (Å²) >= 11 is 1.33. The molecule has 2 fully saturated rings. The second-order valence-electron chi connectivity index (χ2n) is 7.91. The Morgan fingerprint density at radius 2 is 2.03 bits per heavy atom. The highest BCUT2D eigenvalue weighted by Gasteiger charge is 2.34. The molecule has 2 amide bonds. The van der Waals surface area contributed by atoms with Crippen molar-refractivity contribution in [2.24, 2.45) is 0 Å². The zero-order chi connectivity index (χ0) is 23.4. The zero-order valence-electron chi connectivity index (χ0n) is 17.8. The number of morpholine rings is 1. The van der Waals surface area contributed by atoms with Gasteiger partial charge in [-0.1, -0.05) is 6.07 Å². The Labute approximate surface area is 193 Å². The molecule has 0 aliphatic carbocycles. The third-order valence-electron chi connectivity index (χ3n) is 5.65. The number of carbonyl (C=O) groups excluding carboxylic acids is 3. The highest BCUT2D eigenvalue weighted by molar-refractivity contribution is 7.12. The van der Waals surface area contributed by atoms with Gasteiger partial charge in [0, 0.05) is 25.0 Å². The van der Waals surface area contributed by atoms with Crippen molar-refractivity contribution in [3.05, 3.63) is 51.6 Å². The van der Waals surface area contributed by atoms with E-state index in [0.717, 1.165) is 6.07 Å². The summed E-state index contributed by atoms with van der Waals surface area (Å²) in [7, 11) is 0. The van der Waals surface area contributed by atoms with Crippen LogP contribution in [0.3, 0.4) is 0 Å². The number of hydrogen-bond acceptors (Lipinski definition) is 7. The fraction of sp³-hybridized carbons (Fsp3) is 0.409. The standard InChI is InChI=1S/C22H24FN3O6S/c23-17-12-15(3-4-18(17)26(30)7-9-31-10-8-26)25-14-16(32-22(25)29)13-24-21(28)6-5-19(27)20-2-1-11-33-20/h1-4,11-12,16H,5-10,13-14H2,(H,24,28)/t16-/m0/s1. The molecule has 2 aliphatic heterocycles. The summed E-state index contributed by atoms with van der Waals surface area (Å²) in [5, 5.41) is 17.3. The van der Waals surface area contributed by atoms with Crippen molar-refractivity contribution in [1.29, 1.82) is 0 Å². The van der Waals surface area contributed by atoms with Crippen molar-refractivity contribution in [3.63, 3.8) is 0 Å². The van der Waals surface area contributed by atoms with E-state index in [1.807, 2.05) is 0 Å². The van der Waals surface area contributed by atoms with E-state index in [1.165, 1.54) is 28.4 Å². The molecule has 11 heteroatoms. The van der Waals surface area contributed by atoms with Gasteiger partial charge in [0.05, 0.1) is 36.9 Å². The lowest BCUT2D eigenvalue weighted by Gasteiger charge is -2.44. The first-order valence-electron chi connectivity index (χ1n) is 10.6. The average Bonchev–Trinajstić information content (AvgIpc) is 3.46. The summed E-state index contributed by atoms with van der Waals surface area (Å²) in [6.45, 7) is 0.982. The van der Waals surface area contributed by atoms with Crippen molar-refractivity contribution < 1.29 is 28.2 Å². The van der Waals surface area contributed by atoms with Gasteiger partial charge in [-0.25, -0.2) is 9.18 Å². The minimum absolute atomic E-state index is 0.00974. The van der Waals surface area contributed by atoms with Gasteiger partial charge in [-0.3, -0.25) is 14.5 Å². The third kappa shape index (κ3) is 5.38. The van der Waals surface area contributed by atoms with Gasteiger partial charge in [0.25, 0.3) is 0 Å². The van der Waals surface area contributed by atoms with E-state index in [0.29, 0.717) is 4.88 Å². The number of rotatable bonds is 8. The molecule has 33 heavy (non-hydrogen) atoms. The van der Waals surface area contributed by atoms with Gasteiger partial charge in [0.2, 0.25) is 5.91 Å². The molecule has 2 saturated heterocycles. The van der Waals surface area contributed by atoms with E-state index < -0.39 is 22.7 Å². The second kappa shape index (κ2) is 9.96. The van der Waals surface area contributed by atoms with Crippen LogP contribution in [0.1, 0.15) is 22.5 Å². The number of Topliss-reactive ketones (excluding diaryl/α,β-unsaturated/α-hetero) is 1. The molecule has 176 valence electrons. The molecular weight excluding hydrogens is 453 g/mol. The summed E-state index contributed by atoms with van der Waals surface area (Å²) in [6, 6.07) is 7.56. The van der Waals surface area contributed by atoms with Gasteiger partial charge in [-0.2, -0.15) is 0 Å². The maximum atomic E-state index is 14.7. The second-order valence-corrected chi connectivity index (χ2v) is 8.85. The average molecular weight is 478 g/mol. The predicted octanol–water partition coefficient (Wildman–Crippen LogP) is 2.83. The smallest absolute Gasteiger partial charge is 0.414 e. The van der Waals surface area contributed by atoms with Crippen molar-refractivity contribution in [2.45, 2.75) is 18.9 Å². The van der Waals surface area contributed by atoms with E-state index in [1.54, 1.807) is 17.5 Å². The Morgan fingerprint density at radius 3 is 2.73 bits per heavy atom. The van der Waals surface area contributed by atoms with Gasteiger partial charge >= 0.3 is 6.09 Å². The molecular formula is C22H24FN3O6S. The number of quaternary nitrogens is 1. The van der Waals surface area contributed by atoms with E-state index in [-0.39, 0.29) is 75.3 Å². The lowest BCUT2D eigenvalue weighted by Crippen LogP contribution is -2.52. The largest absolute Gasteiger partial charge is 0.627 e. The molecule has 1 atom stereocenters. The number of nitrogens with one attached hydrogen (secondary N) is 1. The molecule has 0 bridgehead atoms. The van der Waals surface area contributed by atoms with Crippen LogP contribution in [0.5, 0.6) is 0 Å². The molecule has 0 unspecified atom stereocenters. The molecule has 1 aromatic heterocycles. The highest BCUT2D eigenvalue weighted by Crippen LogP contribution is 2.31. The molecule has 9 nitrogen and oxygen atoms in total. The lowest BCUT2D eigenvalue weighted by atomic mass is 10.2. The molecule has 0 spiro atoms. The maximum absolute atomic E-state index is 14.7. The molecule has 3 heterocycles. The number of thiophene rings is 1. The van der Waals surface area contributed by atoms with E-state index in [2.05, 4.69) is 5.32 Å². The summed E-state index contributed by atoms with van der Waals surface area (Å²) in [4.78, 5) is 38.2. The predicted molar refractivity (Wildman–Crippen MR) is 121 cm³/mol. The molecule has 1 N–H and O–H groups in total. The van der Waals surface area contributed by atoms with Crippen molar-refractivity contribution in [3.8, 4) is 0 Å². The Kier molecular flexibility index (Phi) is 7.03. The summed E-state index contributed by atoms with van der Waals surface area (Å²) < 4.78 is 24.4. The molecule has 2 aliphatic rings. The number of carbonyl (C=O) groups is 3. The van der Waals surface area contributed by atoms with Crippen molar-refractivity contribution in [2.75, 3.05) is 44.3 Å². The molecule has 2 aromatic rings. The lowest BCUT2D eigenvalue weighted by molar-refractivity contribution is -0.121. The minimum atomic E-state index is -0.805. The van der Waals surface area contributed by atoms with Gasteiger partial charge in [-0.05, 0) is 17.5 Å². The minimum Gasteiger partial charge on any atom is -0.627 e. The quantitative estimate of drug-likeness (QED) is 0.356. The molecule has 0 radical (unpaired) electrons. The maximum Gasteiger partial charge on any atom is 0.414 e. The van der Waals surface area contributed by atoms with Gasteiger partial charge in [0.15, 0.2) is 17.3 Å². The first-order valence-corrected chi connectivity index (χ1v) is 11.5. The number of ketones is 1. The first kappa shape index (κ1) is 23.3. The Morgan fingerprint density at radius 1 is 1.24 bits per heavy atom. The Bertz CT molecular complexity index is 1030. The van der Waals surface area contributed by atoms with E-state index in [9.17, 15) is 24.0 Å². The van der Waals surface area contributed by atoms with Crippen LogP contribution in [0, 0.1) is 11.0 Å². The number of halogens is 1. The van der Waals surface area contributed by atoms with Gasteiger partial charge in [0.1, 0.15) is 19.2 Å². The number of anilines is 1. The van der Waals surface area contributed by atoms with Crippen LogP contribution in [0.15, 0.2) is 35.7 Å². The summed E-state index contributed by atoms with van der Waals surface area (Å²) in [6.07, 6.45) is -1.14. The fourth-order valence-corrected chi connectivity index (χ4v) is 4.51. The fourth-order valence-electron chi connectivity index (χ4n) is 3.82. The normalized spacial score (nSPS) is 19.9. The summed E-state index contributed by atoms with van der Waals surface area (Å²) in [5.41, 5.74) is 0.284. The highest BCUT2D eigenvalue weighted by atomic mass is 32.1. The van der Waals surface area contributed by atoms with Crippen LogP contribution in [0.25, 0.3) is 0 Å². The van der Waals surface area contributed by atoms with Crippen LogP contribution in [-0.4, -0.2) is 63.3 Å². The van der Waals surface area contributed by atoms with Crippen LogP contribution in [0.4, 0.5) is 20.6 Å². The topological polar surface area (TPSA) is 108 Å². The number of nitrogens with zero attached hydrogens (tertiary/aromatic N) is 2. The molecule has 4 rings (SSSR count). The number of ether oxygens (including phenoxy) is 2. The SMILES string of the molecule is O=C(CCC(=O)c1cccs1)NC[C@H]1CN(c2ccc([N+]3([O-])CCOCC3)c(F)c2)C(=O)O1. The first-order chi connectivity index (χ1) is 15.9. The number of cyclic esters (lactones) is 1. The molecule has 1 aromatic carbocycles. The van der Waals surface area contributed by atoms with Crippen molar-refractivity contribution in [1.82, 2.24) is 9.96 Å². The van der Waals surface area contributed by atoms with Crippen LogP contribution < -0.4 is 14.9 Å². The third-order valence-corrected chi connectivity index (χ3v) is 6.56. The zero-order valence-corrected chi connectivity index (χ0v) is 18.6. The van der Waals surface area contributed by atoms with Crippen LogP contribution in [0.2, 0.25) is 0 Å². The van der Waals surface area contributed by atoms with Crippen molar-refractivity contribution >= 4 is 40.5 Å². The number of hydrogen-bond donors (Lipinski definition) is 1. The Hall–Kier alpha value is -2.86. The Balaban J connectivity index is 1.29. The van der Waals surface area contributed by atoms with Crippen LogP contribution in [-0.2, 0) is 14.3 Å². The number of hydroxylamine groups is 2. The van der Waals surface area contributed by atoms with Gasteiger partial charge in [-0.15, -0.1) is 11.3 Å². The number of amides is 2. The van der Waals surface area contributed by atoms with Gasteiger partial charge < -0.3 is 24.6 Å². The number of benzene rings is 1. The van der Waals surface area contributed by atoms with E-state index >= 15 is 0 Å².